The number of aromatic nitrogens is 1. The molecule has 1 aromatic heterocycles. The van der Waals surface area contributed by atoms with Crippen LogP contribution in [-0.4, -0.2) is 53.2 Å². The molecule has 0 unspecified atom stereocenters. The number of carbonyl (C=O) groups excluding carboxylic acids is 1. The Labute approximate surface area is 132 Å². The van der Waals surface area contributed by atoms with Gasteiger partial charge in [-0.2, -0.15) is 0 Å². The number of nitrogens with one attached hydrogen (secondary N) is 1. The standard InChI is InChI=1S/C16H28N4O2/c1-6-19(7-2)12-8-9-20(11-12)15(21)17-14-10-13(22-18-14)16(3,4)5/h10,12H,6-9,11H2,1-5H3,(H,17,18,21)/t12-/m0/s1. The molecule has 1 aromatic rings. The van der Waals surface area contributed by atoms with Crippen LogP contribution in [0, 0.1) is 0 Å². The predicted octanol–water partition coefficient (Wildman–Crippen LogP) is 2.92. The Morgan fingerprint density at radius 2 is 2.14 bits per heavy atom. The molecule has 6 heteroatoms. The van der Waals surface area contributed by atoms with Gasteiger partial charge in [-0.25, -0.2) is 4.79 Å². The molecule has 6 nitrogen and oxygen atoms in total. The quantitative estimate of drug-likeness (QED) is 0.929. The fourth-order valence-electron chi connectivity index (χ4n) is 2.84. The van der Waals surface area contributed by atoms with Gasteiger partial charge in [0, 0.05) is 30.6 Å². The molecule has 0 spiro atoms. The van der Waals surface area contributed by atoms with E-state index in [9.17, 15) is 4.79 Å². The minimum atomic E-state index is -0.114. The smallest absolute Gasteiger partial charge is 0.323 e. The maximum absolute atomic E-state index is 12.3. The highest BCUT2D eigenvalue weighted by molar-refractivity contribution is 5.88. The van der Waals surface area contributed by atoms with E-state index in [2.05, 4.69) is 29.2 Å². The molecule has 1 saturated heterocycles. The van der Waals surface area contributed by atoms with Crippen molar-refractivity contribution in [2.75, 3.05) is 31.5 Å². The first-order chi connectivity index (χ1) is 10.3. The van der Waals surface area contributed by atoms with Crippen molar-refractivity contribution in [3.8, 4) is 0 Å². The summed E-state index contributed by atoms with van der Waals surface area (Å²) in [5.41, 5.74) is -0.114. The van der Waals surface area contributed by atoms with Gasteiger partial charge in [0.2, 0.25) is 0 Å². The van der Waals surface area contributed by atoms with E-state index in [1.54, 1.807) is 6.07 Å². The Morgan fingerprint density at radius 1 is 1.45 bits per heavy atom. The van der Waals surface area contributed by atoms with Crippen LogP contribution in [0.1, 0.15) is 46.8 Å². The molecule has 2 heterocycles. The Morgan fingerprint density at radius 3 is 2.68 bits per heavy atom. The lowest BCUT2D eigenvalue weighted by molar-refractivity contribution is 0.202. The Hall–Kier alpha value is -1.56. The first kappa shape index (κ1) is 16.8. The monoisotopic (exact) mass is 308 g/mol. The summed E-state index contributed by atoms with van der Waals surface area (Å²) < 4.78 is 5.30. The summed E-state index contributed by atoms with van der Waals surface area (Å²) in [5, 5.41) is 6.77. The van der Waals surface area contributed by atoms with Crippen molar-refractivity contribution in [1.82, 2.24) is 15.0 Å². The summed E-state index contributed by atoms with van der Waals surface area (Å²) >= 11 is 0. The topological polar surface area (TPSA) is 61.6 Å². The predicted molar refractivity (Wildman–Crippen MR) is 87.1 cm³/mol. The molecule has 0 aromatic carbocycles. The summed E-state index contributed by atoms with van der Waals surface area (Å²) in [6.45, 7) is 14.1. The molecule has 1 atom stereocenters. The summed E-state index contributed by atoms with van der Waals surface area (Å²) in [5.74, 6) is 1.26. The molecule has 1 aliphatic rings. The second kappa shape index (κ2) is 6.69. The third-order valence-electron chi connectivity index (χ3n) is 4.26. The van der Waals surface area contributed by atoms with Crippen molar-refractivity contribution in [2.24, 2.45) is 0 Å². The second-order valence-electron chi connectivity index (χ2n) is 6.87. The van der Waals surface area contributed by atoms with E-state index in [1.807, 2.05) is 25.7 Å². The van der Waals surface area contributed by atoms with Crippen molar-refractivity contribution in [3.63, 3.8) is 0 Å². The van der Waals surface area contributed by atoms with Crippen molar-refractivity contribution < 1.29 is 9.32 Å². The van der Waals surface area contributed by atoms with Gasteiger partial charge in [0.15, 0.2) is 5.82 Å². The van der Waals surface area contributed by atoms with Crippen molar-refractivity contribution in [3.05, 3.63) is 11.8 Å². The van der Waals surface area contributed by atoms with Crippen molar-refractivity contribution in [2.45, 2.75) is 52.5 Å². The molecule has 1 N–H and O–H groups in total. The van der Waals surface area contributed by atoms with Gasteiger partial charge in [-0.15, -0.1) is 0 Å². The van der Waals surface area contributed by atoms with Crippen LogP contribution in [0.2, 0.25) is 0 Å². The number of carbonyl (C=O) groups is 1. The van der Waals surface area contributed by atoms with Crippen LogP contribution in [0.4, 0.5) is 10.6 Å². The van der Waals surface area contributed by atoms with E-state index < -0.39 is 0 Å². The number of anilines is 1. The maximum Gasteiger partial charge on any atom is 0.323 e. The first-order valence-electron chi connectivity index (χ1n) is 8.12. The molecule has 0 saturated carbocycles. The normalized spacial score (nSPS) is 19.0. The minimum absolute atomic E-state index is 0.0941. The Balaban J connectivity index is 1.92. The van der Waals surface area contributed by atoms with Gasteiger partial charge >= 0.3 is 6.03 Å². The van der Waals surface area contributed by atoms with E-state index >= 15 is 0 Å². The second-order valence-corrected chi connectivity index (χ2v) is 6.87. The zero-order valence-corrected chi connectivity index (χ0v) is 14.3. The lowest BCUT2D eigenvalue weighted by atomic mass is 9.93. The maximum atomic E-state index is 12.3. The number of amides is 2. The van der Waals surface area contributed by atoms with E-state index in [0.29, 0.717) is 11.9 Å². The van der Waals surface area contributed by atoms with Gasteiger partial charge in [0.1, 0.15) is 5.76 Å². The molecular formula is C16H28N4O2. The number of hydrogen-bond acceptors (Lipinski definition) is 4. The van der Waals surface area contributed by atoms with Crippen LogP contribution in [-0.2, 0) is 5.41 Å². The highest BCUT2D eigenvalue weighted by atomic mass is 16.5. The summed E-state index contributed by atoms with van der Waals surface area (Å²) in [4.78, 5) is 16.6. The number of hydrogen-bond donors (Lipinski definition) is 1. The lowest BCUT2D eigenvalue weighted by Crippen LogP contribution is -2.39. The van der Waals surface area contributed by atoms with Gasteiger partial charge in [-0.3, -0.25) is 10.2 Å². The number of nitrogens with zero attached hydrogens (tertiary/aromatic N) is 3. The number of likely N-dealkylation sites (N-methyl/N-ethyl adjacent to an activating group) is 1. The average molecular weight is 308 g/mol. The SMILES string of the molecule is CCN(CC)[C@H]1CCN(C(=O)Nc2cc(C(C)(C)C)on2)C1. The average Bonchev–Trinajstić information content (AvgIpc) is 3.08. The summed E-state index contributed by atoms with van der Waals surface area (Å²) in [6, 6.07) is 2.17. The van der Waals surface area contributed by atoms with Crippen molar-refractivity contribution in [1.29, 1.82) is 0 Å². The molecular weight excluding hydrogens is 280 g/mol. The fraction of sp³-hybridized carbons (Fsp3) is 0.750. The van der Waals surface area contributed by atoms with Crippen LogP contribution in [0.15, 0.2) is 10.6 Å². The lowest BCUT2D eigenvalue weighted by Gasteiger charge is -2.26. The fourth-order valence-corrected chi connectivity index (χ4v) is 2.84. The van der Waals surface area contributed by atoms with E-state index in [-0.39, 0.29) is 11.4 Å². The molecule has 1 aliphatic heterocycles. The molecule has 2 rings (SSSR count). The molecule has 0 bridgehead atoms. The van der Waals surface area contributed by atoms with Crippen LogP contribution >= 0.6 is 0 Å². The van der Waals surface area contributed by atoms with E-state index in [0.717, 1.165) is 38.4 Å². The van der Waals surface area contributed by atoms with Gasteiger partial charge in [0.25, 0.3) is 0 Å². The van der Waals surface area contributed by atoms with Gasteiger partial charge < -0.3 is 9.42 Å². The molecule has 0 aliphatic carbocycles. The van der Waals surface area contributed by atoms with Gasteiger partial charge in [0.05, 0.1) is 0 Å². The van der Waals surface area contributed by atoms with Crippen LogP contribution < -0.4 is 5.32 Å². The Bertz CT molecular complexity index is 502. The van der Waals surface area contributed by atoms with E-state index in [4.69, 9.17) is 4.52 Å². The largest absolute Gasteiger partial charge is 0.359 e. The number of rotatable bonds is 4. The number of urea groups is 1. The zero-order chi connectivity index (χ0) is 16.3. The molecule has 2 amide bonds. The zero-order valence-electron chi connectivity index (χ0n) is 14.3. The minimum Gasteiger partial charge on any atom is -0.359 e. The molecule has 1 fully saturated rings. The number of likely N-dealkylation sites (tertiary alicyclic amines) is 1. The van der Waals surface area contributed by atoms with Crippen molar-refractivity contribution >= 4 is 11.8 Å². The highest BCUT2D eigenvalue weighted by Crippen LogP contribution is 2.25. The molecule has 0 radical (unpaired) electrons. The first-order valence-corrected chi connectivity index (χ1v) is 8.12. The van der Waals surface area contributed by atoms with Crippen LogP contribution in [0.25, 0.3) is 0 Å². The summed E-state index contributed by atoms with van der Waals surface area (Å²) in [6.07, 6.45) is 1.03. The third kappa shape index (κ3) is 3.80. The van der Waals surface area contributed by atoms with Gasteiger partial charge in [-0.05, 0) is 19.5 Å². The van der Waals surface area contributed by atoms with Gasteiger partial charge in [-0.1, -0.05) is 39.8 Å². The third-order valence-corrected chi connectivity index (χ3v) is 4.26. The molecule has 22 heavy (non-hydrogen) atoms. The Kier molecular flexibility index (Phi) is 5.11. The highest BCUT2D eigenvalue weighted by Gasteiger charge is 2.29. The van der Waals surface area contributed by atoms with Crippen LogP contribution in [0.5, 0.6) is 0 Å². The van der Waals surface area contributed by atoms with Crippen LogP contribution in [0.3, 0.4) is 0 Å². The molecule has 124 valence electrons. The van der Waals surface area contributed by atoms with E-state index in [1.165, 1.54) is 0 Å². The summed E-state index contributed by atoms with van der Waals surface area (Å²) in [7, 11) is 0.